The molecule has 24 heavy (non-hydrogen) atoms. The van der Waals surface area contributed by atoms with Crippen LogP contribution in [0.1, 0.15) is 34.1 Å². The van der Waals surface area contributed by atoms with Gasteiger partial charge >= 0.3 is 5.97 Å². The van der Waals surface area contributed by atoms with Crippen molar-refractivity contribution in [3.63, 3.8) is 0 Å². The van der Waals surface area contributed by atoms with Gasteiger partial charge in [0.05, 0.1) is 12.4 Å². The molecule has 1 atom stereocenters. The molecule has 0 aliphatic carbocycles. The number of ether oxygens (including phenoxy) is 1. The molecule has 3 rings (SSSR count). The van der Waals surface area contributed by atoms with Crippen LogP contribution >= 0.6 is 11.8 Å². The summed E-state index contributed by atoms with van der Waals surface area (Å²) in [6.07, 6.45) is 0. The van der Waals surface area contributed by atoms with Gasteiger partial charge in [0.2, 0.25) is 10.9 Å². The van der Waals surface area contributed by atoms with Gasteiger partial charge in [-0.3, -0.25) is 5.10 Å². The van der Waals surface area contributed by atoms with E-state index in [1.54, 1.807) is 12.1 Å². The summed E-state index contributed by atoms with van der Waals surface area (Å²) in [4.78, 5) is 15.9. The Morgan fingerprint density at radius 2 is 2.00 bits per heavy atom. The highest BCUT2D eigenvalue weighted by molar-refractivity contribution is 7.99. The van der Waals surface area contributed by atoms with Gasteiger partial charge in [-0.05, 0) is 26.0 Å². The van der Waals surface area contributed by atoms with Crippen molar-refractivity contribution in [2.75, 3.05) is 7.11 Å². The highest BCUT2D eigenvalue weighted by Crippen LogP contribution is 2.34. The fourth-order valence-corrected chi connectivity index (χ4v) is 2.94. The van der Waals surface area contributed by atoms with Crippen molar-refractivity contribution < 1.29 is 13.9 Å². The summed E-state index contributed by atoms with van der Waals surface area (Å²) in [7, 11) is 1.32. The lowest BCUT2D eigenvalue weighted by Gasteiger charge is -2.04. The molecule has 0 amide bonds. The Morgan fingerprint density at radius 3 is 2.71 bits per heavy atom. The maximum absolute atomic E-state index is 11.4. The Bertz CT molecular complexity index is 839. The molecule has 0 saturated heterocycles. The van der Waals surface area contributed by atoms with E-state index >= 15 is 0 Å². The van der Waals surface area contributed by atoms with Crippen LogP contribution in [-0.4, -0.2) is 28.3 Å². The number of methoxy groups -OCH3 is 1. The zero-order chi connectivity index (χ0) is 17.1. The van der Waals surface area contributed by atoms with Crippen molar-refractivity contribution in [1.29, 1.82) is 0 Å². The first-order chi connectivity index (χ1) is 11.6. The second-order valence-corrected chi connectivity index (χ2v) is 6.59. The fraction of sp³-hybridized carbons (Fsp3) is 0.235. The van der Waals surface area contributed by atoms with Crippen LogP contribution in [0.15, 0.2) is 46.0 Å². The number of hydrogen-bond acceptors (Lipinski definition) is 6. The van der Waals surface area contributed by atoms with E-state index < -0.39 is 5.97 Å². The van der Waals surface area contributed by atoms with E-state index in [1.807, 2.05) is 38.1 Å². The number of H-pyrrole nitrogens is 1. The van der Waals surface area contributed by atoms with E-state index in [0.717, 1.165) is 11.4 Å². The van der Waals surface area contributed by atoms with Crippen LogP contribution in [0.25, 0.3) is 11.4 Å². The number of furan rings is 1. The number of aromatic amines is 1. The molecule has 0 saturated carbocycles. The number of rotatable bonds is 5. The van der Waals surface area contributed by atoms with Crippen LogP contribution in [0.2, 0.25) is 0 Å². The number of carbonyl (C=O) groups excluding carboxylic acids is 1. The summed E-state index contributed by atoms with van der Waals surface area (Å²) in [5, 5.41) is 7.76. The van der Waals surface area contributed by atoms with Crippen LogP contribution in [0.5, 0.6) is 0 Å². The predicted molar refractivity (Wildman–Crippen MR) is 90.9 cm³/mol. The topological polar surface area (TPSA) is 81.0 Å². The lowest BCUT2D eigenvalue weighted by Crippen LogP contribution is -1.98. The van der Waals surface area contributed by atoms with Crippen molar-refractivity contribution in [2.45, 2.75) is 24.3 Å². The van der Waals surface area contributed by atoms with Gasteiger partial charge in [-0.15, -0.1) is 5.10 Å². The summed E-state index contributed by atoms with van der Waals surface area (Å²) in [6, 6.07) is 11.4. The lowest BCUT2D eigenvalue weighted by molar-refractivity contribution is 0.0563. The van der Waals surface area contributed by atoms with Crippen LogP contribution in [0, 0.1) is 6.92 Å². The monoisotopic (exact) mass is 343 g/mol. The SMILES string of the molecule is COC(=O)c1ccc([C@H](C)Sc2n[nH]c(-c3ccc(C)cc3)n2)o1. The van der Waals surface area contributed by atoms with Crippen molar-refractivity contribution in [3.05, 3.63) is 53.5 Å². The van der Waals surface area contributed by atoms with Crippen LogP contribution in [-0.2, 0) is 4.74 Å². The first kappa shape index (κ1) is 16.3. The minimum absolute atomic E-state index is 0.0370. The molecule has 7 heteroatoms. The average Bonchev–Trinajstić information content (AvgIpc) is 3.24. The summed E-state index contributed by atoms with van der Waals surface area (Å²) < 4.78 is 10.2. The smallest absolute Gasteiger partial charge is 0.373 e. The molecule has 0 unspecified atom stereocenters. The molecular weight excluding hydrogens is 326 g/mol. The first-order valence-corrected chi connectivity index (χ1v) is 8.29. The zero-order valence-electron chi connectivity index (χ0n) is 13.6. The van der Waals surface area contributed by atoms with E-state index in [1.165, 1.54) is 24.4 Å². The van der Waals surface area contributed by atoms with E-state index in [4.69, 9.17) is 4.42 Å². The summed E-state index contributed by atoms with van der Waals surface area (Å²) in [5.41, 5.74) is 2.18. The van der Waals surface area contributed by atoms with E-state index in [9.17, 15) is 4.79 Å². The number of nitrogens with one attached hydrogen (secondary N) is 1. The second-order valence-electron chi connectivity index (χ2n) is 5.29. The third-order valence-electron chi connectivity index (χ3n) is 3.49. The van der Waals surface area contributed by atoms with Crippen LogP contribution in [0.3, 0.4) is 0 Å². The van der Waals surface area contributed by atoms with Crippen molar-refractivity contribution in [3.8, 4) is 11.4 Å². The van der Waals surface area contributed by atoms with E-state index in [2.05, 4.69) is 19.9 Å². The Kier molecular flexibility index (Phi) is 4.71. The van der Waals surface area contributed by atoms with Gasteiger partial charge in [0.25, 0.3) is 0 Å². The van der Waals surface area contributed by atoms with E-state index in [0.29, 0.717) is 10.9 Å². The number of hydrogen-bond donors (Lipinski definition) is 1. The summed E-state index contributed by atoms with van der Waals surface area (Å²) in [6.45, 7) is 4.01. The second kappa shape index (κ2) is 6.92. The average molecular weight is 343 g/mol. The number of aromatic nitrogens is 3. The van der Waals surface area contributed by atoms with Crippen molar-refractivity contribution in [2.24, 2.45) is 0 Å². The highest BCUT2D eigenvalue weighted by Gasteiger charge is 2.18. The van der Waals surface area contributed by atoms with Gasteiger partial charge in [0.15, 0.2) is 5.82 Å². The molecule has 6 nitrogen and oxygen atoms in total. The molecule has 2 heterocycles. The molecule has 3 aromatic rings. The van der Waals surface area contributed by atoms with Crippen molar-refractivity contribution in [1.82, 2.24) is 15.2 Å². The minimum Gasteiger partial charge on any atom is -0.463 e. The third-order valence-corrected chi connectivity index (χ3v) is 4.47. The maximum Gasteiger partial charge on any atom is 0.373 e. The van der Waals surface area contributed by atoms with Crippen LogP contribution in [0.4, 0.5) is 0 Å². The minimum atomic E-state index is -0.488. The fourth-order valence-electron chi connectivity index (χ4n) is 2.14. The standard InChI is InChI=1S/C17H17N3O3S/c1-10-4-6-12(7-5-10)15-18-17(20-19-15)24-11(2)13-8-9-14(23-13)16(21)22-3/h4-9,11H,1-3H3,(H,18,19,20)/t11-/m0/s1. The molecule has 1 N–H and O–H groups in total. The normalized spacial score (nSPS) is 12.1. The lowest BCUT2D eigenvalue weighted by atomic mass is 10.1. The van der Waals surface area contributed by atoms with E-state index in [-0.39, 0.29) is 11.0 Å². The summed E-state index contributed by atoms with van der Waals surface area (Å²) >= 11 is 1.45. The Hall–Kier alpha value is -2.54. The molecule has 0 spiro atoms. The molecule has 124 valence electrons. The molecule has 0 fully saturated rings. The Balaban J connectivity index is 1.71. The number of esters is 1. The summed E-state index contributed by atoms with van der Waals surface area (Å²) in [5.74, 6) is 1.09. The number of thioether (sulfide) groups is 1. The third kappa shape index (κ3) is 3.51. The molecule has 0 bridgehead atoms. The number of aryl methyl sites for hydroxylation is 1. The Labute approximate surface area is 143 Å². The van der Waals surface area contributed by atoms with Gasteiger partial charge in [-0.2, -0.15) is 0 Å². The van der Waals surface area contributed by atoms with Gasteiger partial charge in [-0.25, -0.2) is 9.78 Å². The molecule has 0 radical (unpaired) electrons. The highest BCUT2D eigenvalue weighted by atomic mass is 32.2. The molecule has 0 aliphatic rings. The quantitative estimate of drug-likeness (QED) is 0.557. The first-order valence-electron chi connectivity index (χ1n) is 7.41. The van der Waals surface area contributed by atoms with Crippen molar-refractivity contribution >= 4 is 17.7 Å². The van der Waals surface area contributed by atoms with Gasteiger partial charge in [-0.1, -0.05) is 41.6 Å². The van der Waals surface area contributed by atoms with Gasteiger partial charge < -0.3 is 9.15 Å². The predicted octanol–water partition coefficient (Wildman–Crippen LogP) is 4.01. The number of carbonyl (C=O) groups is 1. The van der Waals surface area contributed by atoms with Gasteiger partial charge in [0.1, 0.15) is 5.76 Å². The zero-order valence-corrected chi connectivity index (χ0v) is 14.4. The number of benzene rings is 1. The maximum atomic E-state index is 11.4. The van der Waals surface area contributed by atoms with Crippen LogP contribution < -0.4 is 0 Å². The number of nitrogens with zero attached hydrogens (tertiary/aromatic N) is 2. The Morgan fingerprint density at radius 1 is 1.25 bits per heavy atom. The molecule has 0 aliphatic heterocycles. The molecule has 2 aromatic heterocycles. The molecular formula is C17H17N3O3S. The van der Waals surface area contributed by atoms with Gasteiger partial charge in [0, 0.05) is 5.56 Å². The largest absolute Gasteiger partial charge is 0.463 e. The molecule has 1 aromatic carbocycles.